The van der Waals surface area contributed by atoms with E-state index in [1.54, 1.807) is 0 Å². The van der Waals surface area contributed by atoms with Gasteiger partial charge in [0.25, 0.3) is 0 Å². The molecular weight excluding hydrogens is 204 g/mol. The smallest absolute Gasteiger partial charge is 0.0233 e. The lowest BCUT2D eigenvalue weighted by Gasteiger charge is -2.24. The highest BCUT2D eigenvalue weighted by molar-refractivity contribution is 8.05. The van der Waals surface area contributed by atoms with Gasteiger partial charge in [-0.3, -0.25) is 0 Å². The van der Waals surface area contributed by atoms with E-state index in [0.29, 0.717) is 4.75 Å². The molecule has 0 spiro atoms. The molecule has 0 saturated heterocycles. The van der Waals surface area contributed by atoms with E-state index < -0.39 is 0 Å². The summed E-state index contributed by atoms with van der Waals surface area (Å²) in [5.74, 6) is 2.56. The van der Waals surface area contributed by atoms with Crippen molar-refractivity contribution in [2.45, 2.75) is 30.8 Å². The van der Waals surface area contributed by atoms with Crippen molar-refractivity contribution in [3.05, 3.63) is 0 Å². The van der Waals surface area contributed by atoms with Crippen molar-refractivity contribution in [2.24, 2.45) is 0 Å². The molecular formula is C9H20S3. The first-order valence-corrected chi connectivity index (χ1v) is 7.82. The van der Waals surface area contributed by atoms with Gasteiger partial charge < -0.3 is 0 Å². The fraction of sp³-hybridized carbons (Fsp3) is 1.00. The molecule has 12 heavy (non-hydrogen) atoms. The quantitative estimate of drug-likeness (QED) is 0.700. The Morgan fingerprint density at radius 2 is 1.42 bits per heavy atom. The molecule has 0 aromatic heterocycles. The van der Waals surface area contributed by atoms with Gasteiger partial charge in [-0.1, -0.05) is 20.8 Å². The second-order valence-corrected chi connectivity index (χ2v) is 7.71. The molecule has 0 unspecified atom stereocenters. The van der Waals surface area contributed by atoms with Crippen molar-refractivity contribution in [1.29, 1.82) is 0 Å². The van der Waals surface area contributed by atoms with Crippen LogP contribution in [0.25, 0.3) is 0 Å². The molecule has 0 saturated carbocycles. The van der Waals surface area contributed by atoms with Gasteiger partial charge in [0.15, 0.2) is 0 Å². The Bertz CT molecular complexity index is 101. The molecule has 0 radical (unpaired) electrons. The van der Waals surface area contributed by atoms with E-state index in [1.807, 2.05) is 23.5 Å². The fourth-order valence-electron chi connectivity index (χ4n) is 0.988. The van der Waals surface area contributed by atoms with Crippen LogP contribution in [0.4, 0.5) is 0 Å². The van der Waals surface area contributed by atoms with Crippen molar-refractivity contribution in [3.8, 4) is 0 Å². The number of hydrogen-bond acceptors (Lipinski definition) is 3. The van der Waals surface area contributed by atoms with E-state index in [9.17, 15) is 0 Å². The topological polar surface area (TPSA) is 0 Å². The van der Waals surface area contributed by atoms with Gasteiger partial charge in [-0.15, -0.1) is 0 Å². The zero-order valence-electron chi connectivity index (χ0n) is 8.72. The van der Waals surface area contributed by atoms with Crippen molar-refractivity contribution >= 4 is 35.3 Å². The summed E-state index contributed by atoms with van der Waals surface area (Å²) < 4.78 is 0.413. The number of thioether (sulfide) groups is 3. The Balaban J connectivity index is 3.77. The Labute approximate surface area is 90.0 Å². The third-order valence-corrected chi connectivity index (χ3v) is 4.49. The lowest BCUT2D eigenvalue weighted by atomic mass is 10.3. The highest BCUT2D eigenvalue weighted by Gasteiger charge is 2.18. The van der Waals surface area contributed by atoms with Gasteiger partial charge >= 0.3 is 0 Å². The standard InChI is InChI=1S/C9H20S3/c1-9(2,3)12-8(6-10-4)7-11-5/h8H,6-7H2,1-5H3. The van der Waals surface area contributed by atoms with E-state index in [0.717, 1.165) is 5.25 Å². The molecule has 3 heteroatoms. The Morgan fingerprint density at radius 1 is 1.00 bits per heavy atom. The van der Waals surface area contributed by atoms with Crippen molar-refractivity contribution in [3.63, 3.8) is 0 Å². The Morgan fingerprint density at radius 3 is 1.67 bits per heavy atom. The molecule has 0 aliphatic rings. The van der Waals surface area contributed by atoms with Gasteiger partial charge in [-0.2, -0.15) is 35.3 Å². The summed E-state index contributed by atoms with van der Waals surface area (Å²) in [6.45, 7) is 6.89. The van der Waals surface area contributed by atoms with Crippen molar-refractivity contribution in [1.82, 2.24) is 0 Å². The van der Waals surface area contributed by atoms with Crippen LogP contribution in [0, 0.1) is 0 Å². The van der Waals surface area contributed by atoms with Gasteiger partial charge in [0.2, 0.25) is 0 Å². The summed E-state index contributed by atoms with van der Waals surface area (Å²) in [5.41, 5.74) is 0. The minimum absolute atomic E-state index is 0.413. The molecule has 0 amide bonds. The predicted octanol–water partition coefficient (Wildman–Crippen LogP) is 3.61. The third-order valence-electron chi connectivity index (χ3n) is 1.23. The zero-order valence-corrected chi connectivity index (χ0v) is 11.2. The van der Waals surface area contributed by atoms with Crippen molar-refractivity contribution < 1.29 is 0 Å². The molecule has 0 heterocycles. The maximum Gasteiger partial charge on any atom is 0.0233 e. The first-order chi connectivity index (χ1) is 5.49. The van der Waals surface area contributed by atoms with Gasteiger partial charge in [-0.05, 0) is 12.5 Å². The Hall–Kier alpha value is 1.05. The van der Waals surface area contributed by atoms with Crippen LogP contribution < -0.4 is 0 Å². The summed E-state index contributed by atoms with van der Waals surface area (Å²) in [4.78, 5) is 0. The SMILES string of the molecule is CSCC(CSC)SC(C)(C)C. The summed E-state index contributed by atoms with van der Waals surface area (Å²) in [5, 5.41) is 0.815. The predicted molar refractivity (Wildman–Crippen MR) is 67.9 cm³/mol. The molecule has 0 atom stereocenters. The van der Waals surface area contributed by atoms with E-state index in [-0.39, 0.29) is 0 Å². The number of rotatable bonds is 5. The van der Waals surface area contributed by atoms with Crippen LogP contribution >= 0.6 is 35.3 Å². The summed E-state index contributed by atoms with van der Waals surface area (Å²) >= 11 is 6.02. The first-order valence-electron chi connectivity index (χ1n) is 4.15. The van der Waals surface area contributed by atoms with Crippen LogP contribution in [0.15, 0.2) is 0 Å². The van der Waals surface area contributed by atoms with E-state index >= 15 is 0 Å². The van der Waals surface area contributed by atoms with Crippen LogP contribution in [0.2, 0.25) is 0 Å². The van der Waals surface area contributed by atoms with Crippen LogP contribution in [-0.2, 0) is 0 Å². The molecule has 0 aliphatic heterocycles. The maximum atomic E-state index is 2.30. The molecule has 0 N–H and O–H groups in total. The first kappa shape index (κ1) is 13.1. The second kappa shape index (κ2) is 6.50. The third kappa shape index (κ3) is 7.69. The molecule has 0 aliphatic carbocycles. The summed E-state index contributed by atoms with van der Waals surface area (Å²) in [6.07, 6.45) is 4.38. The van der Waals surface area contributed by atoms with Gasteiger partial charge in [0, 0.05) is 21.5 Å². The van der Waals surface area contributed by atoms with E-state index in [4.69, 9.17) is 0 Å². The molecule has 0 nitrogen and oxygen atoms in total. The van der Waals surface area contributed by atoms with Crippen LogP contribution in [-0.4, -0.2) is 34.0 Å². The lowest BCUT2D eigenvalue weighted by Crippen LogP contribution is -2.19. The minimum atomic E-state index is 0.413. The maximum absolute atomic E-state index is 2.30. The van der Waals surface area contributed by atoms with Crippen molar-refractivity contribution in [2.75, 3.05) is 24.0 Å². The fourth-order valence-corrected chi connectivity index (χ4v) is 4.48. The highest BCUT2D eigenvalue weighted by atomic mass is 32.2. The zero-order chi connectivity index (χ0) is 9.61. The molecule has 0 fully saturated rings. The highest BCUT2D eigenvalue weighted by Crippen LogP contribution is 2.31. The minimum Gasteiger partial charge on any atom is -0.164 e. The lowest BCUT2D eigenvalue weighted by molar-refractivity contribution is 0.797. The summed E-state index contributed by atoms with van der Waals surface area (Å²) in [6, 6.07) is 0. The van der Waals surface area contributed by atoms with Gasteiger partial charge in [-0.25, -0.2) is 0 Å². The molecule has 0 aromatic rings. The molecule has 74 valence electrons. The van der Waals surface area contributed by atoms with Gasteiger partial charge in [0.05, 0.1) is 0 Å². The van der Waals surface area contributed by atoms with E-state index in [1.165, 1.54) is 11.5 Å². The number of hydrogen-bond donors (Lipinski definition) is 0. The average Bonchev–Trinajstić information content (AvgIpc) is 1.84. The summed E-state index contributed by atoms with van der Waals surface area (Å²) in [7, 11) is 0. The monoisotopic (exact) mass is 224 g/mol. The normalized spacial score (nSPS) is 12.5. The molecule has 0 bridgehead atoms. The largest absolute Gasteiger partial charge is 0.164 e. The van der Waals surface area contributed by atoms with Crippen LogP contribution in [0.1, 0.15) is 20.8 Å². The van der Waals surface area contributed by atoms with E-state index in [2.05, 4.69) is 45.0 Å². The average molecular weight is 224 g/mol. The van der Waals surface area contributed by atoms with Gasteiger partial charge in [0.1, 0.15) is 0 Å². The second-order valence-electron chi connectivity index (χ2n) is 3.76. The Kier molecular flexibility index (Phi) is 7.06. The van der Waals surface area contributed by atoms with Crippen LogP contribution in [0.3, 0.4) is 0 Å². The molecule has 0 aromatic carbocycles. The molecule has 0 rings (SSSR count). The van der Waals surface area contributed by atoms with Crippen LogP contribution in [0.5, 0.6) is 0 Å².